The second-order valence-electron chi connectivity index (χ2n) is 3.59. The van der Waals surface area contributed by atoms with Crippen molar-refractivity contribution in [3.63, 3.8) is 0 Å². The maximum absolute atomic E-state index is 5.97. The minimum absolute atomic E-state index is 0.0461. The minimum atomic E-state index is 0.0461. The predicted octanol–water partition coefficient (Wildman–Crippen LogP) is 5.08. The third kappa shape index (κ3) is 3.96. The van der Waals surface area contributed by atoms with Crippen LogP contribution in [0.25, 0.3) is 0 Å². The molecular weight excluding hydrogens is 235 g/mol. The lowest BCUT2D eigenvalue weighted by atomic mass is 10.1. The van der Waals surface area contributed by atoms with Crippen molar-refractivity contribution in [2.45, 2.75) is 45.4 Å². The monoisotopic (exact) mass is 252 g/mol. The van der Waals surface area contributed by atoms with Crippen LogP contribution in [-0.4, -0.2) is 9.54 Å². The molecule has 0 saturated carbocycles. The number of hydrogen-bond donors (Lipinski definition) is 0. The first-order chi connectivity index (χ1) is 6.75. The van der Waals surface area contributed by atoms with E-state index in [0.717, 1.165) is 5.75 Å². The molecule has 0 saturated heterocycles. The molecule has 1 aliphatic carbocycles. The van der Waals surface area contributed by atoms with E-state index in [4.69, 9.17) is 23.2 Å². The van der Waals surface area contributed by atoms with Gasteiger partial charge in [-0.1, -0.05) is 42.6 Å². The van der Waals surface area contributed by atoms with Crippen LogP contribution in [0.15, 0.2) is 11.0 Å². The van der Waals surface area contributed by atoms with E-state index in [1.807, 2.05) is 0 Å². The van der Waals surface area contributed by atoms with Gasteiger partial charge in [0.1, 0.15) is 3.78 Å². The second kappa shape index (κ2) is 6.92. The van der Waals surface area contributed by atoms with Crippen molar-refractivity contribution in [2.75, 3.05) is 5.75 Å². The molecule has 0 amide bonds. The molecule has 0 spiro atoms. The first kappa shape index (κ1) is 12.6. The van der Waals surface area contributed by atoms with Crippen molar-refractivity contribution in [1.82, 2.24) is 0 Å². The van der Waals surface area contributed by atoms with Gasteiger partial charge in [-0.25, -0.2) is 0 Å². The van der Waals surface area contributed by atoms with E-state index in [-0.39, 0.29) is 10.5 Å². The summed E-state index contributed by atoms with van der Waals surface area (Å²) in [5, 5.41) is 0. The van der Waals surface area contributed by atoms with E-state index in [1.54, 1.807) is 0 Å². The number of rotatable bonds is 4. The smallest absolute Gasteiger partial charge is 0.129 e. The number of hydrogen-bond acceptors (Lipinski definition) is 0. The van der Waals surface area contributed by atoms with E-state index >= 15 is 0 Å². The summed E-state index contributed by atoms with van der Waals surface area (Å²) < 4.78 is 0.589. The maximum atomic E-state index is 5.97. The fourth-order valence-electron chi connectivity index (χ4n) is 1.63. The molecule has 0 aromatic carbocycles. The first-order valence-corrected chi connectivity index (χ1v) is 7.48. The lowest BCUT2D eigenvalue weighted by Crippen LogP contribution is -1.95. The van der Waals surface area contributed by atoms with Crippen LogP contribution in [0.5, 0.6) is 0 Å². The van der Waals surface area contributed by atoms with Crippen LogP contribution in [0.3, 0.4) is 0 Å². The molecule has 0 fully saturated rings. The van der Waals surface area contributed by atoms with E-state index in [1.165, 1.54) is 43.4 Å². The van der Waals surface area contributed by atoms with E-state index < -0.39 is 0 Å². The van der Waals surface area contributed by atoms with Crippen molar-refractivity contribution in [1.29, 1.82) is 0 Å². The van der Waals surface area contributed by atoms with Gasteiger partial charge in [-0.3, -0.25) is 0 Å². The molecule has 1 atom stereocenters. The average Bonchev–Trinajstić information content (AvgIpc) is 2.19. The lowest BCUT2D eigenvalue weighted by molar-refractivity contribution is 0.723. The molecule has 82 valence electrons. The molecule has 0 aliphatic heterocycles. The summed E-state index contributed by atoms with van der Waals surface area (Å²) in [4.78, 5) is 1.50. The predicted molar refractivity (Wildman–Crippen MR) is 70.6 cm³/mol. The fraction of sp³-hybridized carbons (Fsp3) is 0.727. The maximum Gasteiger partial charge on any atom is 0.134 e. The zero-order chi connectivity index (χ0) is 10.4. The summed E-state index contributed by atoms with van der Waals surface area (Å²) in [6, 6.07) is 0. The Labute approximate surface area is 99.6 Å². The molecule has 3 heteroatoms. The van der Waals surface area contributed by atoms with Crippen molar-refractivity contribution < 1.29 is 0 Å². The Kier molecular flexibility index (Phi) is 6.23. The normalized spacial score (nSPS) is 18.9. The molecule has 14 heavy (non-hydrogen) atoms. The van der Waals surface area contributed by atoms with Gasteiger partial charge in [0, 0.05) is 0 Å². The van der Waals surface area contributed by atoms with Crippen LogP contribution in [0.1, 0.15) is 45.4 Å². The van der Waals surface area contributed by atoms with Gasteiger partial charge < -0.3 is 0 Å². The molecule has 1 rings (SSSR count). The van der Waals surface area contributed by atoms with Crippen molar-refractivity contribution >= 4 is 37.5 Å². The summed E-state index contributed by atoms with van der Waals surface area (Å²) in [6.07, 6.45) is 9.85. The molecule has 1 aliphatic rings. The van der Waals surface area contributed by atoms with Crippen molar-refractivity contribution in [3.05, 3.63) is 11.0 Å². The Morgan fingerprint density at radius 3 is 2.71 bits per heavy atom. The van der Waals surface area contributed by atoms with Gasteiger partial charge >= 0.3 is 0 Å². The van der Waals surface area contributed by atoms with E-state index in [0.29, 0.717) is 3.78 Å². The van der Waals surface area contributed by atoms with Gasteiger partial charge in [0.25, 0.3) is 0 Å². The van der Waals surface area contributed by atoms with Gasteiger partial charge in [-0.05, 0) is 42.8 Å². The number of allylic oxidation sites excluding steroid dienone is 2. The second-order valence-corrected chi connectivity index (χ2v) is 7.11. The lowest BCUT2D eigenvalue weighted by Gasteiger charge is -2.17. The zero-order valence-electron chi connectivity index (χ0n) is 8.69. The van der Waals surface area contributed by atoms with E-state index in [9.17, 15) is 0 Å². The molecule has 0 heterocycles. The van der Waals surface area contributed by atoms with Gasteiger partial charge in [0.05, 0.1) is 0 Å². The highest BCUT2D eigenvalue weighted by atomic mass is 35.5. The summed E-state index contributed by atoms with van der Waals surface area (Å²) >= 11 is 11.9. The van der Waals surface area contributed by atoms with Crippen molar-refractivity contribution in [3.8, 4) is 0 Å². The van der Waals surface area contributed by atoms with Gasteiger partial charge in [0.15, 0.2) is 0 Å². The first-order valence-electron chi connectivity index (χ1n) is 5.33. The molecule has 0 N–H and O–H groups in total. The van der Waals surface area contributed by atoms with Crippen LogP contribution in [0.4, 0.5) is 0 Å². The van der Waals surface area contributed by atoms with E-state index in [2.05, 4.69) is 13.0 Å². The minimum Gasteiger partial charge on any atom is -0.129 e. The van der Waals surface area contributed by atoms with Gasteiger partial charge in [0.2, 0.25) is 0 Å². The summed E-state index contributed by atoms with van der Waals surface area (Å²) in [6.45, 7) is 2.21. The van der Waals surface area contributed by atoms with Crippen LogP contribution in [0, 0.1) is 0 Å². The van der Waals surface area contributed by atoms with Crippen LogP contribution >= 0.6 is 33.7 Å². The van der Waals surface area contributed by atoms with Crippen molar-refractivity contribution in [2.24, 2.45) is 0 Å². The topological polar surface area (TPSA) is 0 Å². The quantitative estimate of drug-likeness (QED) is 0.484. The molecule has 0 radical (unpaired) electrons. The van der Waals surface area contributed by atoms with Gasteiger partial charge in [-0.2, -0.15) is 0 Å². The largest absolute Gasteiger partial charge is 0.134 e. The Balaban J connectivity index is 2.67. The molecule has 0 aromatic heterocycles. The number of halogens is 2. The Hall–Kier alpha value is 0.540. The molecule has 0 aromatic rings. The number of unbranched alkanes of at least 4 members (excludes halogenated alkanes) is 1. The third-order valence-electron chi connectivity index (χ3n) is 2.45. The van der Waals surface area contributed by atoms with Crippen LogP contribution < -0.4 is 0 Å². The zero-order valence-corrected chi connectivity index (χ0v) is 11.0. The van der Waals surface area contributed by atoms with Crippen LogP contribution in [-0.2, 0) is 0 Å². The Morgan fingerprint density at radius 2 is 2.21 bits per heavy atom. The average molecular weight is 253 g/mol. The fourth-order valence-corrected chi connectivity index (χ4v) is 4.59. The SMILES string of the molecule is CCCCS(C1=CCCCC1)=C(Cl)Cl. The summed E-state index contributed by atoms with van der Waals surface area (Å²) in [5.74, 6) is 1.14. The summed E-state index contributed by atoms with van der Waals surface area (Å²) in [5.41, 5.74) is 0. The summed E-state index contributed by atoms with van der Waals surface area (Å²) in [7, 11) is 0.0461. The van der Waals surface area contributed by atoms with Crippen LogP contribution in [0.2, 0.25) is 0 Å². The molecule has 0 bridgehead atoms. The standard InChI is InChI=1S/C11H18Cl2S/c1-2-3-9-14(11(12)13)10-7-5-4-6-8-10/h7H,2-6,8-9H2,1H3. The highest BCUT2D eigenvalue weighted by Gasteiger charge is 2.10. The molecular formula is C11H18Cl2S. The highest BCUT2D eigenvalue weighted by molar-refractivity contribution is 8.22. The van der Waals surface area contributed by atoms with Gasteiger partial charge in [-0.15, -0.1) is 10.5 Å². The molecule has 0 nitrogen and oxygen atoms in total. The highest BCUT2D eigenvalue weighted by Crippen LogP contribution is 2.37. The Bertz CT molecular complexity index is 240. The molecule has 1 unspecified atom stereocenters. The Morgan fingerprint density at radius 1 is 1.43 bits per heavy atom. The third-order valence-corrected chi connectivity index (χ3v) is 5.64.